The standard InChI is InChI=1S/C17H21N5O2/c1-13-7-14(9-19-8-13)16(23)21-11-17(24)3-2-6-22(12-17)15-10-18-4-5-20-15/h4-5,7-10,24H,2-3,6,11-12H2,1H3,(H,21,23). The molecule has 7 nitrogen and oxygen atoms in total. The van der Waals surface area contributed by atoms with Crippen LogP contribution in [0.2, 0.25) is 0 Å². The van der Waals surface area contributed by atoms with Gasteiger partial charge in [0.05, 0.1) is 17.4 Å². The molecule has 0 saturated carbocycles. The highest BCUT2D eigenvalue weighted by molar-refractivity contribution is 5.94. The van der Waals surface area contributed by atoms with Crippen LogP contribution in [0.25, 0.3) is 0 Å². The van der Waals surface area contributed by atoms with Crippen LogP contribution < -0.4 is 10.2 Å². The molecule has 2 aromatic heterocycles. The number of hydrogen-bond donors (Lipinski definition) is 2. The van der Waals surface area contributed by atoms with Gasteiger partial charge in [-0.25, -0.2) is 4.98 Å². The molecule has 24 heavy (non-hydrogen) atoms. The Morgan fingerprint density at radius 2 is 2.21 bits per heavy atom. The molecule has 7 heteroatoms. The van der Waals surface area contributed by atoms with Gasteiger partial charge in [-0.1, -0.05) is 0 Å². The molecule has 1 aliphatic rings. The van der Waals surface area contributed by atoms with E-state index in [9.17, 15) is 9.90 Å². The Bertz CT molecular complexity index is 709. The minimum atomic E-state index is -0.983. The van der Waals surface area contributed by atoms with Crippen LogP contribution in [0.3, 0.4) is 0 Å². The quantitative estimate of drug-likeness (QED) is 0.868. The number of anilines is 1. The largest absolute Gasteiger partial charge is 0.386 e. The van der Waals surface area contributed by atoms with Crippen molar-refractivity contribution < 1.29 is 9.90 Å². The molecular weight excluding hydrogens is 306 g/mol. The van der Waals surface area contributed by atoms with E-state index in [1.54, 1.807) is 30.9 Å². The van der Waals surface area contributed by atoms with Crippen LogP contribution in [0.4, 0.5) is 5.82 Å². The number of amides is 1. The van der Waals surface area contributed by atoms with Gasteiger partial charge in [0.1, 0.15) is 5.82 Å². The Morgan fingerprint density at radius 1 is 1.33 bits per heavy atom. The molecule has 1 saturated heterocycles. The molecule has 1 aliphatic heterocycles. The first-order chi connectivity index (χ1) is 11.6. The van der Waals surface area contributed by atoms with Gasteiger partial charge in [0, 0.05) is 44.4 Å². The number of pyridine rings is 1. The highest BCUT2D eigenvalue weighted by atomic mass is 16.3. The molecule has 2 aromatic rings. The van der Waals surface area contributed by atoms with Crippen LogP contribution in [-0.2, 0) is 0 Å². The number of β-amino-alcohol motifs (C(OH)–C–C–N with tert-alkyl or cyclic N) is 1. The Balaban J connectivity index is 1.62. The average Bonchev–Trinajstić information content (AvgIpc) is 2.60. The summed E-state index contributed by atoms with van der Waals surface area (Å²) < 4.78 is 0. The zero-order chi connectivity index (χ0) is 17.0. The predicted molar refractivity (Wildman–Crippen MR) is 89.7 cm³/mol. The summed E-state index contributed by atoms with van der Waals surface area (Å²) in [6, 6.07) is 1.78. The number of hydrogen-bond acceptors (Lipinski definition) is 6. The van der Waals surface area contributed by atoms with Gasteiger partial charge in [-0.15, -0.1) is 0 Å². The molecule has 1 unspecified atom stereocenters. The molecule has 2 N–H and O–H groups in total. The van der Waals surface area contributed by atoms with E-state index in [4.69, 9.17) is 0 Å². The number of aryl methyl sites for hydroxylation is 1. The first kappa shape index (κ1) is 16.3. The maximum atomic E-state index is 12.2. The van der Waals surface area contributed by atoms with Gasteiger partial charge in [-0.2, -0.15) is 0 Å². The van der Waals surface area contributed by atoms with E-state index in [0.717, 1.165) is 24.3 Å². The second-order valence-electron chi connectivity index (χ2n) is 6.25. The van der Waals surface area contributed by atoms with Gasteiger partial charge >= 0.3 is 0 Å². The van der Waals surface area contributed by atoms with Crippen LogP contribution in [-0.4, -0.2) is 51.2 Å². The van der Waals surface area contributed by atoms with E-state index < -0.39 is 5.60 Å². The Hall–Kier alpha value is -2.54. The van der Waals surface area contributed by atoms with Crippen LogP contribution in [0, 0.1) is 6.92 Å². The number of nitrogens with zero attached hydrogens (tertiary/aromatic N) is 4. The van der Waals surface area contributed by atoms with Crippen LogP contribution in [0.5, 0.6) is 0 Å². The van der Waals surface area contributed by atoms with E-state index in [1.165, 1.54) is 6.20 Å². The van der Waals surface area contributed by atoms with E-state index >= 15 is 0 Å². The third kappa shape index (κ3) is 3.86. The molecular formula is C17H21N5O2. The van der Waals surface area contributed by atoms with Gasteiger partial charge in [0.25, 0.3) is 5.91 Å². The predicted octanol–water partition coefficient (Wildman–Crippen LogP) is 0.941. The smallest absolute Gasteiger partial charge is 0.252 e. The van der Waals surface area contributed by atoms with E-state index in [2.05, 4.69) is 20.3 Å². The van der Waals surface area contributed by atoms with Crippen molar-refractivity contribution in [3.63, 3.8) is 0 Å². The maximum Gasteiger partial charge on any atom is 0.252 e. The number of aromatic nitrogens is 3. The van der Waals surface area contributed by atoms with Crippen molar-refractivity contribution in [1.29, 1.82) is 0 Å². The Kier molecular flexibility index (Phi) is 4.71. The van der Waals surface area contributed by atoms with Crippen molar-refractivity contribution in [3.8, 4) is 0 Å². The number of nitrogens with one attached hydrogen (secondary N) is 1. The molecule has 3 heterocycles. The fraction of sp³-hybridized carbons (Fsp3) is 0.412. The van der Waals surface area contributed by atoms with E-state index in [1.807, 2.05) is 11.8 Å². The number of aliphatic hydroxyl groups is 1. The summed E-state index contributed by atoms with van der Waals surface area (Å²) in [7, 11) is 0. The van der Waals surface area contributed by atoms with E-state index in [-0.39, 0.29) is 12.5 Å². The topological polar surface area (TPSA) is 91.2 Å². The summed E-state index contributed by atoms with van der Waals surface area (Å²) in [5, 5.41) is 13.6. The number of rotatable bonds is 4. The van der Waals surface area contributed by atoms with Crippen molar-refractivity contribution >= 4 is 11.7 Å². The summed E-state index contributed by atoms with van der Waals surface area (Å²) in [5.41, 5.74) is 0.441. The average molecular weight is 327 g/mol. The first-order valence-corrected chi connectivity index (χ1v) is 7.99. The first-order valence-electron chi connectivity index (χ1n) is 7.99. The fourth-order valence-corrected chi connectivity index (χ4v) is 2.93. The van der Waals surface area contributed by atoms with Crippen molar-refractivity contribution in [1.82, 2.24) is 20.3 Å². The minimum Gasteiger partial charge on any atom is -0.386 e. The molecule has 1 atom stereocenters. The molecule has 0 aromatic carbocycles. The number of carbonyl (C=O) groups excluding carboxylic acids is 1. The van der Waals surface area contributed by atoms with Gasteiger partial charge in [0.15, 0.2) is 0 Å². The van der Waals surface area contributed by atoms with Crippen molar-refractivity contribution in [3.05, 3.63) is 48.2 Å². The normalized spacial score (nSPS) is 20.7. The third-order valence-electron chi connectivity index (χ3n) is 4.14. The molecule has 126 valence electrons. The molecule has 0 spiro atoms. The van der Waals surface area contributed by atoms with Crippen molar-refractivity contribution in [2.45, 2.75) is 25.4 Å². The summed E-state index contributed by atoms with van der Waals surface area (Å²) >= 11 is 0. The van der Waals surface area contributed by atoms with Crippen LogP contribution in [0.15, 0.2) is 37.1 Å². The fourth-order valence-electron chi connectivity index (χ4n) is 2.93. The summed E-state index contributed by atoms with van der Waals surface area (Å²) in [6.45, 7) is 3.31. The van der Waals surface area contributed by atoms with Crippen molar-refractivity contribution in [2.24, 2.45) is 0 Å². The summed E-state index contributed by atoms with van der Waals surface area (Å²) in [5.74, 6) is 0.515. The highest BCUT2D eigenvalue weighted by Crippen LogP contribution is 2.24. The lowest BCUT2D eigenvalue weighted by atomic mass is 9.92. The van der Waals surface area contributed by atoms with E-state index in [0.29, 0.717) is 18.5 Å². The monoisotopic (exact) mass is 327 g/mol. The Labute approximate surface area is 140 Å². The summed E-state index contributed by atoms with van der Waals surface area (Å²) in [4.78, 5) is 26.6. The number of carbonyl (C=O) groups is 1. The summed E-state index contributed by atoms with van der Waals surface area (Å²) in [6.07, 6.45) is 9.63. The lowest BCUT2D eigenvalue weighted by Gasteiger charge is -2.39. The third-order valence-corrected chi connectivity index (χ3v) is 4.14. The Morgan fingerprint density at radius 3 is 2.96 bits per heavy atom. The minimum absolute atomic E-state index is 0.191. The number of piperidine rings is 1. The molecule has 0 bridgehead atoms. The van der Waals surface area contributed by atoms with Gasteiger partial charge in [-0.05, 0) is 31.4 Å². The SMILES string of the molecule is Cc1cncc(C(=O)NCC2(O)CCCN(c3cnccn3)C2)c1. The molecule has 3 rings (SSSR count). The molecule has 1 fully saturated rings. The van der Waals surface area contributed by atoms with Crippen LogP contribution >= 0.6 is 0 Å². The highest BCUT2D eigenvalue weighted by Gasteiger charge is 2.34. The zero-order valence-corrected chi connectivity index (χ0v) is 13.6. The van der Waals surface area contributed by atoms with Gasteiger partial charge < -0.3 is 15.3 Å². The lowest BCUT2D eigenvalue weighted by Crippen LogP contribution is -2.54. The zero-order valence-electron chi connectivity index (χ0n) is 13.6. The second kappa shape index (κ2) is 6.92. The van der Waals surface area contributed by atoms with Crippen LogP contribution in [0.1, 0.15) is 28.8 Å². The van der Waals surface area contributed by atoms with Crippen molar-refractivity contribution in [2.75, 3.05) is 24.5 Å². The lowest BCUT2D eigenvalue weighted by molar-refractivity contribution is 0.0254. The molecule has 0 radical (unpaired) electrons. The molecule has 1 amide bonds. The molecule has 0 aliphatic carbocycles. The van der Waals surface area contributed by atoms with Gasteiger partial charge in [0.2, 0.25) is 0 Å². The second-order valence-corrected chi connectivity index (χ2v) is 6.25. The maximum absolute atomic E-state index is 12.2. The van der Waals surface area contributed by atoms with Gasteiger partial charge in [-0.3, -0.25) is 14.8 Å².